The average Bonchev–Trinajstić information content (AvgIpc) is 3.13. The molecular weight excluding hydrogens is 440 g/mol. The van der Waals surface area contributed by atoms with E-state index in [1.54, 1.807) is 0 Å². The van der Waals surface area contributed by atoms with E-state index in [1.807, 2.05) is 37.3 Å². The van der Waals surface area contributed by atoms with E-state index in [0.29, 0.717) is 5.56 Å². The van der Waals surface area contributed by atoms with Gasteiger partial charge in [0.05, 0.1) is 17.6 Å². The van der Waals surface area contributed by atoms with Gasteiger partial charge in [0.25, 0.3) is 5.91 Å². The summed E-state index contributed by atoms with van der Waals surface area (Å²) in [5.74, 6) is 0.958. The Morgan fingerprint density at radius 2 is 1.90 bits per heavy atom. The third kappa shape index (κ3) is 3.48. The first kappa shape index (κ1) is 18.9. The van der Waals surface area contributed by atoms with Crippen LogP contribution in [0.4, 0.5) is 11.4 Å². The fourth-order valence-corrected chi connectivity index (χ4v) is 4.35. The molecule has 0 saturated carbocycles. The Bertz CT molecular complexity index is 1260. The smallest absolute Gasteiger partial charge is 0.255 e. The molecule has 0 radical (unpaired) electrons. The molecule has 1 aliphatic heterocycles. The average molecular weight is 461 g/mol. The van der Waals surface area contributed by atoms with Crippen LogP contribution in [0.1, 0.15) is 21.7 Å². The molecule has 150 valence electrons. The Hall–Kier alpha value is -3.12. The van der Waals surface area contributed by atoms with Crippen molar-refractivity contribution in [2.45, 2.75) is 20.0 Å². The van der Waals surface area contributed by atoms with E-state index in [4.69, 9.17) is 4.98 Å². The van der Waals surface area contributed by atoms with Crippen molar-refractivity contribution in [3.05, 3.63) is 88.2 Å². The number of hydrogen-bond donors (Lipinski definition) is 1. The van der Waals surface area contributed by atoms with E-state index in [1.165, 1.54) is 5.52 Å². The van der Waals surface area contributed by atoms with Crippen LogP contribution in [-0.4, -0.2) is 22.0 Å². The summed E-state index contributed by atoms with van der Waals surface area (Å²) in [4.78, 5) is 19.8. The van der Waals surface area contributed by atoms with Crippen molar-refractivity contribution >= 4 is 44.2 Å². The quantitative estimate of drug-likeness (QED) is 0.446. The third-order valence-corrected chi connectivity index (χ3v) is 6.07. The van der Waals surface area contributed by atoms with Gasteiger partial charge in [-0.3, -0.25) is 4.79 Å². The van der Waals surface area contributed by atoms with Crippen molar-refractivity contribution in [1.29, 1.82) is 0 Å². The Morgan fingerprint density at radius 1 is 1.03 bits per heavy atom. The van der Waals surface area contributed by atoms with Crippen molar-refractivity contribution in [2.75, 3.05) is 16.8 Å². The highest BCUT2D eigenvalue weighted by Crippen LogP contribution is 2.28. The normalized spacial score (nSPS) is 13.3. The Balaban J connectivity index is 1.40. The number of carbonyl (C=O) groups excluding carboxylic acids is 1. The number of carbonyl (C=O) groups is 1. The molecule has 1 amide bonds. The molecule has 0 spiro atoms. The SMILES string of the molecule is Cc1ccc(N2CCn3c(nc4ccccc43)C2)cc1NC(=O)c1cccc(Br)c1. The van der Waals surface area contributed by atoms with Crippen LogP contribution in [0.2, 0.25) is 0 Å². The number of benzene rings is 3. The van der Waals surface area contributed by atoms with Crippen molar-refractivity contribution in [3.8, 4) is 0 Å². The molecule has 4 aromatic rings. The molecular formula is C24H21BrN4O. The summed E-state index contributed by atoms with van der Waals surface area (Å²) in [6.07, 6.45) is 0. The van der Waals surface area contributed by atoms with Crippen LogP contribution in [0.5, 0.6) is 0 Å². The van der Waals surface area contributed by atoms with Crippen molar-refractivity contribution in [3.63, 3.8) is 0 Å². The monoisotopic (exact) mass is 460 g/mol. The fourth-order valence-electron chi connectivity index (χ4n) is 3.95. The predicted octanol–water partition coefficient (Wildman–Crippen LogP) is 5.38. The number of hydrogen-bond acceptors (Lipinski definition) is 3. The fraction of sp³-hybridized carbons (Fsp3) is 0.167. The van der Waals surface area contributed by atoms with Crippen molar-refractivity contribution in [2.24, 2.45) is 0 Å². The minimum absolute atomic E-state index is 0.114. The summed E-state index contributed by atoms with van der Waals surface area (Å²) in [5.41, 5.74) is 5.81. The van der Waals surface area contributed by atoms with Crippen LogP contribution in [0, 0.1) is 6.92 Å². The second-order valence-corrected chi connectivity index (χ2v) is 8.47. The maximum atomic E-state index is 12.7. The molecule has 0 unspecified atom stereocenters. The zero-order valence-electron chi connectivity index (χ0n) is 16.6. The maximum absolute atomic E-state index is 12.7. The number of para-hydroxylation sites is 2. The van der Waals surface area contributed by atoms with E-state index in [0.717, 1.165) is 52.4 Å². The topological polar surface area (TPSA) is 50.2 Å². The zero-order chi connectivity index (χ0) is 20.7. The zero-order valence-corrected chi connectivity index (χ0v) is 18.2. The number of nitrogens with zero attached hydrogens (tertiary/aromatic N) is 3. The second kappa shape index (κ2) is 7.61. The van der Waals surface area contributed by atoms with Gasteiger partial charge < -0.3 is 14.8 Å². The molecule has 1 N–H and O–H groups in total. The van der Waals surface area contributed by atoms with Gasteiger partial charge in [-0.15, -0.1) is 0 Å². The summed E-state index contributed by atoms with van der Waals surface area (Å²) in [6.45, 7) is 4.55. The molecule has 0 fully saturated rings. The van der Waals surface area contributed by atoms with E-state index in [2.05, 4.69) is 67.1 Å². The lowest BCUT2D eigenvalue weighted by Crippen LogP contribution is -2.33. The molecule has 5 nitrogen and oxygen atoms in total. The molecule has 3 aromatic carbocycles. The standard InChI is InChI=1S/C24H21BrN4O/c1-16-9-10-19(14-21(16)27-24(30)17-5-4-6-18(25)13-17)28-11-12-29-22-8-3-2-7-20(22)26-23(29)15-28/h2-10,13-14H,11-12,15H2,1H3,(H,27,30). The number of imidazole rings is 1. The third-order valence-electron chi connectivity index (χ3n) is 5.58. The lowest BCUT2D eigenvalue weighted by molar-refractivity contribution is 0.102. The van der Waals surface area contributed by atoms with Gasteiger partial charge in [0.15, 0.2) is 0 Å². The molecule has 2 heterocycles. The number of halogens is 1. The first-order chi connectivity index (χ1) is 14.6. The van der Waals surface area contributed by atoms with Gasteiger partial charge in [-0.1, -0.05) is 40.2 Å². The highest BCUT2D eigenvalue weighted by molar-refractivity contribution is 9.10. The summed E-state index contributed by atoms with van der Waals surface area (Å²) >= 11 is 3.43. The summed E-state index contributed by atoms with van der Waals surface area (Å²) in [5, 5.41) is 3.07. The van der Waals surface area contributed by atoms with Crippen molar-refractivity contribution in [1.82, 2.24) is 9.55 Å². The number of aryl methyl sites for hydroxylation is 1. The lowest BCUT2D eigenvalue weighted by atomic mass is 10.1. The van der Waals surface area contributed by atoms with Gasteiger partial charge in [0.1, 0.15) is 5.82 Å². The van der Waals surface area contributed by atoms with Crippen LogP contribution in [-0.2, 0) is 13.1 Å². The van der Waals surface area contributed by atoms with E-state index >= 15 is 0 Å². The van der Waals surface area contributed by atoms with E-state index < -0.39 is 0 Å². The molecule has 1 aliphatic rings. The number of fused-ring (bicyclic) bond motifs is 3. The van der Waals surface area contributed by atoms with Gasteiger partial charge in [-0.05, 0) is 55.0 Å². The first-order valence-electron chi connectivity index (χ1n) is 9.95. The second-order valence-electron chi connectivity index (χ2n) is 7.55. The van der Waals surface area contributed by atoms with Gasteiger partial charge in [0.2, 0.25) is 0 Å². The molecule has 0 bridgehead atoms. The van der Waals surface area contributed by atoms with Gasteiger partial charge in [0, 0.05) is 34.5 Å². The van der Waals surface area contributed by atoms with Gasteiger partial charge >= 0.3 is 0 Å². The highest BCUT2D eigenvalue weighted by atomic mass is 79.9. The van der Waals surface area contributed by atoms with Crippen LogP contribution in [0.15, 0.2) is 71.2 Å². The van der Waals surface area contributed by atoms with E-state index in [-0.39, 0.29) is 5.91 Å². The molecule has 0 aliphatic carbocycles. The summed E-state index contributed by atoms with van der Waals surface area (Å²) in [7, 11) is 0. The summed E-state index contributed by atoms with van der Waals surface area (Å²) in [6, 6.07) is 21.9. The van der Waals surface area contributed by atoms with Crippen LogP contribution in [0.25, 0.3) is 11.0 Å². The Morgan fingerprint density at radius 3 is 2.77 bits per heavy atom. The highest BCUT2D eigenvalue weighted by Gasteiger charge is 2.21. The van der Waals surface area contributed by atoms with Crippen LogP contribution < -0.4 is 10.2 Å². The maximum Gasteiger partial charge on any atom is 0.255 e. The van der Waals surface area contributed by atoms with E-state index in [9.17, 15) is 4.79 Å². The summed E-state index contributed by atoms with van der Waals surface area (Å²) < 4.78 is 3.19. The number of rotatable bonds is 3. The van der Waals surface area contributed by atoms with Crippen LogP contribution >= 0.6 is 15.9 Å². The Labute approximate surface area is 183 Å². The molecule has 5 rings (SSSR count). The van der Waals surface area contributed by atoms with Crippen molar-refractivity contribution < 1.29 is 4.79 Å². The minimum atomic E-state index is -0.114. The molecule has 6 heteroatoms. The Kier molecular flexibility index (Phi) is 4.79. The number of aromatic nitrogens is 2. The molecule has 1 aromatic heterocycles. The van der Waals surface area contributed by atoms with Gasteiger partial charge in [-0.25, -0.2) is 4.98 Å². The molecule has 0 atom stereocenters. The predicted molar refractivity (Wildman–Crippen MR) is 124 cm³/mol. The first-order valence-corrected chi connectivity index (χ1v) is 10.7. The molecule has 30 heavy (non-hydrogen) atoms. The largest absolute Gasteiger partial charge is 0.362 e. The number of amides is 1. The van der Waals surface area contributed by atoms with Crippen LogP contribution in [0.3, 0.4) is 0 Å². The number of anilines is 2. The number of nitrogens with one attached hydrogen (secondary N) is 1. The molecule has 0 saturated heterocycles. The minimum Gasteiger partial charge on any atom is -0.362 e. The van der Waals surface area contributed by atoms with Gasteiger partial charge in [-0.2, -0.15) is 0 Å². The lowest BCUT2D eigenvalue weighted by Gasteiger charge is -2.30.